The van der Waals surface area contributed by atoms with Crippen molar-refractivity contribution in [3.8, 4) is 17.6 Å². The zero-order valence-electron chi connectivity index (χ0n) is 19.5. The number of fused-ring (bicyclic) bond motifs is 1. The fourth-order valence-electron chi connectivity index (χ4n) is 5.71. The lowest BCUT2D eigenvalue weighted by Crippen LogP contribution is -2.30. The average molecular weight is 489 g/mol. The number of allylic oxidation sites excluding steroid dienone is 1. The van der Waals surface area contributed by atoms with Crippen molar-refractivity contribution in [2.24, 2.45) is 17.8 Å². The molecule has 35 heavy (non-hydrogen) atoms. The van der Waals surface area contributed by atoms with E-state index in [0.29, 0.717) is 11.5 Å². The molecule has 2 aliphatic rings. The standard InChI is InChI=1S/C29H29F5O/c1-2-3-4-20-8-12-25-18-24(14-13-23(25)17-20)21-9-5-19(6-10-21)7-11-22-15-16-26(28(31)27(22)30)35-29(32,33)34/h2,5-6,9-10,15-16,20,23-25H,1,3-4,8,12-14,17-18H2. The number of halogens is 5. The van der Waals surface area contributed by atoms with Crippen molar-refractivity contribution in [3.05, 3.63) is 77.4 Å². The van der Waals surface area contributed by atoms with E-state index in [1.54, 1.807) is 0 Å². The third-order valence-electron chi connectivity index (χ3n) is 7.50. The molecule has 4 atom stereocenters. The smallest absolute Gasteiger partial charge is 0.403 e. The second-order valence-corrected chi connectivity index (χ2v) is 9.73. The van der Waals surface area contributed by atoms with E-state index < -0.39 is 23.7 Å². The third kappa shape index (κ3) is 6.45. The van der Waals surface area contributed by atoms with E-state index in [1.165, 1.54) is 50.5 Å². The molecule has 2 saturated carbocycles. The summed E-state index contributed by atoms with van der Waals surface area (Å²) in [6.45, 7) is 3.85. The molecule has 0 bridgehead atoms. The summed E-state index contributed by atoms with van der Waals surface area (Å²) in [7, 11) is 0. The number of alkyl halides is 3. The molecule has 186 valence electrons. The SMILES string of the molecule is C=CCCC1CCC2CC(c3ccc(C#Cc4ccc(OC(F)(F)F)c(F)c4F)cc3)CCC2C1. The molecule has 2 aliphatic carbocycles. The predicted octanol–water partition coefficient (Wildman–Crippen LogP) is 8.53. The maximum absolute atomic E-state index is 14.1. The highest BCUT2D eigenvalue weighted by molar-refractivity contribution is 5.46. The lowest BCUT2D eigenvalue weighted by atomic mass is 9.63. The zero-order chi connectivity index (χ0) is 25.0. The van der Waals surface area contributed by atoms with Gasteiger partial charge in [-0.25, -0.2) is 4.39 Å². The highest BCUT2D eigenvalue weighted by Gasteiger charge is 2.36. The molecule has 2 aromatic rings. The van der Waals surface area contributed by atoms with E-state index in [4.69, 9.17) is 0 Å². The van der Waals surface area contributed by atoms with Crippen molar-refractivity contribution < 1.29 is 26.7 Å². The zero-order valence-corrected chi connectivity index (χ0v) is 19.5. The van der Waals surface area contributed by atoms with Gasteiger partial charge in [-0.1, -0.05) is 36.5 Å². The first kappa shape index (κ1) is 25.3. The highest BCUT2D eigenvalue weighted by atomic mass is 19.4. The second kappa shape index (κ2) is 10.8. The highest BCUT2D eigenvalue weighted by Crippen LogP contribution is 2.48. The van der Waals surface area contributed by atoms with Crippen LogP contribution in [0.4, 0.5) is 22.0 Å². The minimum atomic E-state index is -5.10. The summed E-state index contributed by atoms with van der Waals surface area (Å²) in [6.07, 6.45) is 6.91. The summed E-state index contributed by atoms with van der Waals surface area (Å²) < 4.78 is 68.4. The molecule has 0 amide bonds. The van der Waals surface area contributed by atoms with Gasteiger partial charge in [0.15, 0.2) is 11.6 Å². The maximum Gasteiger partial charge on any atom is 0.573 e. The van der Waals surface area contributed by atoms with Crippen LogP contribution in [0.3, 0.4) is 0 Å². The van der Waals surface area contributed by atoms with Gasteiger partial charge >= 0.3 is 6.36 Å². The van der Waals surface area contributed by atoms with Gasteiger partial charge in [0.25, 0.3) is 0 Å². The molecule has 2 aromatic carbocycles. The van der Waals surface area contributed by atoms with Crippen LogP contribution in [0.1, 0.15) is 74.0 Å². The van der Waals surface area contributed by atoms with Gasteiger partial charge in [-0.2, -0.15) is 4.39 Å². The van der Waals surface area contributed by atoms with E-state index in [9.17, 15) is 22.0 Å². The summed E-state index contributed by atoms with van der Waals surface area (Å²) in [4.78, 5) is 0. The Morgan fingerprint density at radius 1 is 0.886 bits per heavy atom. The van der Waals surface area contributed by atoms with Crippen molar-refractivity contribution in [2.45, 2.75) is 63.6 Å². The molecule has 0 aliphatic heterocycles. The molecular formula is C29H29F5O. The third-order valence-corrected chi connectivity index (χ3v) is 7.50. The van der Waals surface area contributed by atoms with Gasteiger partial charge in [0.05, 0.1) is 5.56 Å². The topological polar surface area (TPSA) is 9.23 Å². The molecule has 0 saturated heterocycles. The predicted molar refractivity (Wildman–Crippen MR) is 126 cm³/mol. The van der Waals surface area contributed by atoms with E-state index in [1.807, 2.05) is 30.3 Å². The van der Waals surface area contributed by atoms with Crippen molar-refractivity contribution in [3.63, 3.8) is 0 Å². The van der Waals surface area contributed by atoms with Crippen molar-refractivity contribution in [1.29, 1.82) is 0 Å². The molecule has 2 fully saturated rings. The fraction of sp³-hybridized carbons (Fsp3) is 0.448. The van der Waals surface area contributed by atoms with Crippen LogP contribution in [0.15, 0.2) is 49.1 Å². The Morgan fingerprint density at radius 3 is 2.31 bits per heavy atom. The molecule has 0 spiro atoms. The van der Waals surface area contributed by atoms with E-state index in [0.717, 1.165) is 36.3 Å². The number of hydrogen-bond donors (Lipinski definition) is 0. The average Bonchev–Trinajstić information content (AvgIpc) is 2.84. The largest absolute Gasteiger partial charge is 0.573 e. The summed E-state index contributed by atoms with van der Waals surface area (Å²) in [5.74, 6) is 3.87. The quantitative estimate of drug-likeness (QED) is 0.233. The van der Waals surface area contributed by atoms with Gasteiger partial charge in [0.1, 0.15) is 0 Å². The molecule has 4 unspecified atom stereocenters. The summed E-state index contributed by atoms with van der Waals surface area (Å²) in [6, 6.07) is 9.50. The Labute approximate surface area is 203 Å². The monoisotopic (exact) mass is 488 g/mol. The van der Waals surface area contributed by atoms with E-state index in [-0.39, 0.29) is 5.56 Å². The number of benzene rings is 2. The molecule has 0 N–H and O–H groups in total. The van der Waals surface area contributed by atoms with Gasteiger partial charge in [0, 0.05) is 5.56 Å². The Bertz CT molecular complexity index is 1090. The summed E-state index contributed by atoms with van der Waals surface area (Å²) in [5.41, 5.74) is 1.57. The number of rotatable bonds is 5. The van der Waals surface area contributed by atoms with Crippen molar-refractivity contribution in [1.82, 2.24) is 0 Å². The van der Waals surface area contributed by atoms with Gasteiger partial charge in [-0.15, -0.1) is 19.8 Å². The minimum absolute atomic E-state index is 0.330. The van der Waals surface area contributed by atoms with Crippen LogP contribution in [0.25, 0.3) is 0 Å². The molecule has 1 nitrogen and oxygen atoms in total. The van der Waals surface area contributed by atoms with Crippen LogP contribution in [0, 0.1) is 41.2 Å². The normalized spacial score (nSPS) is 24.1. The summed E-state index contributed by atoms with van der Waals surface area (Å²) >= 11 is 0. The van der Waals surface area contributed by atoms with Gasteiger partial charge in [-0.05, 0) is 98.4 Å². The first-order valence-electron chi connectivity index (χ1n) is 12.2. The first-order valence-corrected chi connectivity index (χ1v) is 12.2. The Hall–Kier alpha value is -2.81. The molecular weight excluding hydrogens is 459 g/mol. The van der Waals surface area contributed by atoms with Crippen molar-refractivity contribution >= 4 is 0 Å². The molecule has 6 heteroatoms. The Balaban J connectivity index is 1.38. The molecule has 4 rings (SSSR count). The Morgan fingerprint density at radius 2 is 1.60 bits per heavy atom. The van der Waals surface area contributed by atoms with E-state index >= 15 is 0 Å². The van der Waals surface area contributed by atoms with Gasteiger partial charge in [-0.3, -0.25) is 0 Å². The van der Waals surface area contributed by atoms with Crippen LogP contribution in [-0.4, -0.2) is 6.36 Å². The van der Waals surface area contributed by atoms with Crippen molar-refractivity contribution in [2.75, 3.05) is 0 Å². The minimum Gasteiger partial charge on any atom is -0.403 e. The second-order valence-electron chi connectivity index (χ2n) is 9.73. The van der Waals surface area contributed by atoms with Gasteiger partial charge < -0.3 is 4.74 Å². The summed E-state index contributed by atoms with van der Waals surface area (Å²) in [5, 5.41) is 0. The van der Waals surface area contributed by atoms with Crippen LogP contribution in [0.2, 0.25) is 0 Å². The fourth-order valence-corrected chi connectivity index (χ4v) is 5.71. The van der Waals surface area contributed by atoms with Crippen LogP contribution >= 0.6 is 0 Å². The molecule has 0 heterocycles. The van der Waals surface area contributed by atoms with E-state index in [2.05, 4.69) is 23.2 Å². The lowest BCUT2D eigenvalue weighted by molar-refractivity contribution is -0.275. The van der Waals surface area contributed by atoms with Crippen LogP contribution in [0.5, 0.6) is 5.75 Å². The molecule has 0 radical (unpaired) electrons. The number of hydrogen-bond acceptors (Lipinski definition) is 1. The molecule has 0 aromatic heterocycles. The number of ether oxygens (including phenoxy) is 1. The Kier molecular flexibility index (Phi) is 7.84. The van der Waals surface area contributed by atoms with Crippen LogP contribution < -0.4 is 4.74 Å². The van der Waals surface area contributed by atoms with Gasteiger partial charge in [0.2, 0.25) is 5.82 Å². The lowest BCUT2D eigenvalue weighted by Gasteiger charge is -2.42. The first-order chi connectivity index (χ1) is 16.7. The van der Waals surface area contributed by atoms with Crippen LogP contribution in [-0.2, 0) is 0 Å². The maximum atomic E-state index is 14.1.